The van der Waals surface area contributed by atoms with Gasteiger partial charge in [0.05, 0.1) is 0 Å². The van der Waals surface area contributed by atoms with Crippen LogP contribution in [0.1, 0.15) is 30.9 Å². The van der Waals surface area contributed by atoms with Crippen molar-refractivity contribution >= 4 is 39.1 Å². The minimum absolute atomic E-state index is 0.347. The first-order chi connectivity index (χ1) is 13.1. The van der Waals surface area contributed by atoms with E-state index in [9.17, 15) is 0 Å². The fraction of sp³-hybridized carbons (Fsp3) is 0.429. The van der Waals surface area contributed by atoms with Crippen LogP contribution < -0.4 is 10.1 Å². The van der Waals surface area contributed by atoms with Crippen LogP contribution in [0, 0.1) is 0 Å². The van der Waals surface area contributed by atoms with Crippen molar-refractivity contribution in [3.63, 3.8) is 0 Å². The maximum atomic E-state index is 6.26. The SMILES string of the molecule is CCN1CCC[C@H]1CNCc1cc(Br)ccc1OCc1c(Cl)cccc1Cl. The second-order valence-electron chi connectivity index (χ2n) is 6.80. The van der Waals surface area contributed by atoms with Gasteiger partial charge in [0.2, 0.25) is 0 Å². The highest BCUT2D eigenvalue weighted by molar-refractivity contribution is 9.10. The molecule has 0 saturated carbocycles. The summed E-state index contributed by atoms with van der Waals surface area (Å²) in [5.74, 6) is 0.848. The summed E-state index contributed by atoms with van der Waals surface area (Å²) in [6, 6.07) is 12.2. The zero-order valence-electron chi connectivity index (χ0n) is 15.5. The molecule has 3 rings (SSSR count). The molecule has 1 atom stereocenters. The molecule has 3 nitrogen and oxygen atoms in total. The number of benzene rings is 2. The number of ether oxygens (including phenoxy) is 1. The number of halogens is 3. The first-order valence-corrected chi connectivity index (χ1v) is 10.9. The van der Waals surface area contributed by atoms with Crippen molar-refractivity contribution in [2.45, 2.75) is 39.0 Å². The minimum atomic E-state index is 0.347. The normalized spacial score (nSPS) is 17.4. The topological polar surface area (TPSA) is 24.5 Å². The Balaban J connectivity index is 1.62. The van der Waals surface area contributed by atoms with Crippen molar-refractivity contribution < 1.29 is 4.74 Å². The molecule has 6 heteroatoms. The van der Waals surface area contributed by atoms with Gasteiger partial charge in [-0.1, -0.05) is 52.1 Å². The summed E-state index contributed by atoms with van der Waals surface area (Å²) < 4.78 is 7.10. The molecule has 2 aromatic rings. The van der Waals surface area contributed by atoms with Gasteiger partial charge in [-0.15, -0.1) is 0 Å². The van der Waals surface area contributed by atoms with E-state index in [4.69, 9.17) is 27.9 Å². The van der Waals surface area contributed by atoms with Gasteiger partial charge in [-0.05, 0) is 56.3 Å². The Morgan fingerprint density at radius 3 is 2.74 bits per heavy atom. The van der Waals surface area contributed by atoms with E-state index in [-0.39, 0.29) is 0 Å². The molecule has 0 bridgehead atoms. The number of likely N-dealkylation sites (N-methyl/N-ethyl adjacent to an activating group) is 1. The highest BCUT2D eigenvalue weighted by Gasteiger charge is 2.22. The van der Waals surface area contributed by atoms with Crippen LogP contribution in [0.25, 0.3) is 0 Å². The summed E-state index contributed by atoms with van der Waals surface area (Å²) in [4.78, 5) is 2.55. The third kappa shape index (κ3) is 5.61. The summed E-state index contributed by atoms with van der Waals surface area (Å²) in [6.45, 7) is 6.68. The predicted octanol–water partition coefficient (Wildman–Crippen LogP) is 5.91. The Morgan fingerprint density at radius 1 is 1.22 bits per heavy atom. The Kier molecular flexibility index (Phi) is 7.86. The van der Waals surface area contributed by atoms with E-state index >= 15 is 0 Å². The molecule has 1 aliphatic heterocycles. The lowest BCUT2D eigenvalue weighted by molar-refractivity contribution is 0.259. The smallest absolute Gasteiger partial charge is 0.124 e. The van der Waals surface area contributed by atoms with E-state index in [2.05, 4.69) is 39.1 Å². The molecule has 0 unspecified atom stereocenters. The van der Waals surface area contributed by atoms with E-state index < -0.39 is 0 Å². The molecule has 1 aliphatic rings. The molecule has 1 heterocycles. The van der Waals surface area contributed by atoms with Crippen LogP contribution in [0.2, 0.25) is 10.0 Å². The average molecular weight is 472 g/mol. The highest BCUT2D eigenvalue weighted by Crippen LogP contribution is 2.28. The number of hydrogen-bond donors (Lipinski definition) is 1. The lowest BCUT2D eigenvalue weighted by atomic mass is 10.1. The van der Waals surface area contributed by atoms with E-state index in [1.54, 1.807) is 0 Å². The monoisotopic (exact) mass is 470 g/mol. The Labute approximate surface area is 180 Å². The van der Waals surface area contributed by atoms with Crippen molar-refractivity contribution in [3.05, 3.63) is 62.0 Å². The minimum Gasteiger partial charge on any atom is -0.488 e. The van der Waals surface area contributed by atoms with Gasteiger partial charge >= 0.3 is 0 Å². The van der Waals surface area contributed by atoms with E-state index in [0.29, 0.717) is 22.7 Å². The van der Waals surface area contributed by atoms with Crippen LogP contribution in [-0.2, 0) is 13.2 Å². The van der Waals surface area contributed by atoms with E-state index in [0.717, 1.165) is 41.0 Å². The summed E-state index contributed by atoms with van der Waals surface area (Å²) in [5, 5.41) is 4.85. The number of nitrogens with one attached hydrogen (secondary N) is 1. The number of hydrogen-bond acceptors (Lipinski definition) is 3. The van der Waals surface area contributed by atoms with Crippen LogP contribution in [0.15, 0.2) is 40.9 Å². The van der Waals surface area contributed by atoms with E-state index in [1.807, 2.05) is 30.3 Å². The Bertz CT molecular complexity index is 752. The molecule has 146 valence electrons. The van der Waals surface area contributed by atoms with Gasteiger partial charge < -0.3 is 10.1 Å². The average Bonchev–Trinajstić information content (AvgIpc) is 3.10. The zero-order chi connectivity index (χ0) is 19.2. The first kappa shape index (κ1) is 20.9. The molecule has 0 radical (unpaired) electrons. The molecule has 1 fully saturated rings. The van der Waals surface area contributed by atoms with Gasteiger partial charge in [0, 0.05) is 44.8 Å². The molecule has 1 N–H and O–H groups in total. The van der Waals surface area contributed by atoms with E-state index in [1.165, 1.54) is 19.4 Å². The molecule has 0 aliphatic carbocycles. The van der Waals surface area contributed by atoms with Crippen LogP contribution in [-0.4, -0.2) is 30.6 Å². The summed E-state index contributed by atoms with van der Waals surface area (Å²) in [5.41, 5.74) is 1.93. The zero-order valence-corrected chi connectivity index (χ0v) is 18.6. The molecular weight excluding hydrogens is 447 g/mol. The molecule has 0 spiro atoms. The molecular formula is C21H25BrCl2N2O. The molecule has 1 saturated heterocycles. The summed E-state index contributed by atoms with van der Waals surface area (Å²) in [6.07, 6.45) is 2.57. The highest BCUT2D eigenvalue weighted by atomic mass is 79.9. The van der Waals surface area contributed by atoms with Gasteiger partial charge in [0.25, 0.3) is 0 Å². The second kappa shape index (κ2) is 10.1. The standard InChI is InChI=1S/C21H25BrCl2N2O/c1-2-26-10-4-5-17(26)13-25-12-15-11-16(22)8-9-21(15)27-14-18-19(23)6-3-7-20(18)24/h3,6-9,11,17,25H,2,4-5,10,12-14H2,1H3/t17-/m0/s1. The predicted molar refractivity (Wildman–Crippen MR) is 117 cm³/mol. The Morgan fingerprint density at radius 2 is 2.00 bits per heavy atom. The summed E-state index contributed by atoms with van der Waals surface area (Å²) in [7, 11) is 0. The van der Waals surface area contributed by atoms with Gasteiger partial charge in [0.15, 0.2) is 0 Å². The van der Waals surface area contributed by atoms with Crippen LogP contribution in [0.5, 0.6) is 5.75 Å². The number of nitrogens with zero attached hydrogens (tertiary/aromatic N) is 1. The quantitative estimate of drug-likeness (QED) is 0.517. The second-order valence-corrected chi connectivity index (χ2v) is 8.53. The number of likely N-dealkylation sites (tertiary alicyclic amines) is 1. The molecule has 2 aromatic carbocycles. The fourth-order valence-electron chi connectivity index (χ4n) is 3.56. The fourth-order valence-corrected chi connectivity index (χ4v) is 4.48. The lowest BCUT2D eigenvalue weighted by Crippen LogP contribution is -2.37. The van der Waals surface area contributed by atoms with Crippen molar-refractivity contribution in [2.75, 3.05) is 19.6 Å². The largest absolute Gasteiger partial charge is 0.488 e. The summed E-state index contributed by atoms with van der Waals surface area (Å²) >= 11 is 16.1. The lowest BCUT2D eigenvalue weighted by Gasteiger charge is -2.23. The third-order valence-electron chi connectivity index (χ3n) is 5.06. The Hall–Kier alpha value is -0.780. The van der Waals surface area contributed by atoms with Gasteiger partial charge in [-0.3, -0.25) is 4.90 Å². The molecule has 0 aromatic heterocycles. The maximum Gasteiger partial charge on any atom is 0.124 e. The van der Waals surface area contributed by atoms with Crippen molar-refractivity contribution in [3.8, 4) is 5.75 Å². The van der Waals surface area contributed by atoms with Crippen molar-refractivity contribution in [1.82, 2.24) is 10.2 Å². The van der Waals surface area contributed by atoms with Gasteiger partial charge in [-0.25, -0.2) is 0 Å². The van der Waals surface area contributed by atoms with Crippen LogP contribution >= 0.6 is 39.1 Å². The first-order valence-electron chi connectivity index (χ1n) is 9.37. The van der Waals surface area contributed by atoms with Crippen LogP contribution in [0.4, 0.5) is 0 Å². The molecule has 0 amide bonds. The van der Waals surface area contributed by atoms with Crippen molar-refractivity contribution in [2.24, 2.45) is 0 Å². The maximum absolute atomic E-state index is 6.26. The van der Waals surface area contributed by atoms with Crippen molar-refractivity contribution in [1.29, 1.82) is 0 Å². The third-order valence-corrected chi connectivity index (χ3v) is 6.26. The number of rotatable bonds is 8. The molecule has 27 heavy (non-hydrogen) atoms. The van der Waals surface area contributed by atoms with Gasteiger partial charge in [-0.2, -0.15) is 0 Å². The van der Waals surface area contributed by atoms with Crippen LogP contribution in [0.3, 0.4) is 0 Å². The van der Waals surface area contributed by atoms with Gasteiger partial charge in [0.1, 0.15) is 12.4 Å².